The Kier molecular flexibility index (Phi) is 5.88. The molecule has 0 unspecified atom stereocenters. The van der Waals surface area contributed by atoms with Crippen LogP contribution in [0, 0.1) is 0 Å². The van der Waals surface area contributed by atoms with Gasteiger partial charge in [-0.25, -0.2) is 9.48 Å². The van der Waals surface area contributed by atoms with Crippen LogP contribution in [-0.2, 0) is 14.3 Å². The standard InChI is InChI=1S/C26H20N4O3S/c1-2-33-26(32)24-21(25(31)30(28-24)20-12-7-4-8-13-20)16-18-17-29(19-10-5-3-6-11-19)27-23(18)22-14-9-15-34-22/h3-17H,2H2,1H3. The molecule has 34 heavy (non-hydrogen) atoms. The molecule has 5 rings (SSSR count). The summed E-state index contributed by atoms with van der Waals surface area (Å²) in [5.41, 5.74) is 2.99. The van der Waals surface area contributed by atoms with Crippen molar-refractivity contribution in [3.05, 3.63) is 95.5 Å². The molecule has 168 valence electrons. The van der Waals surface area contributed by atoms with Gasteiger partial charge in [0.05, 0.1) is 28.4 Å². The highest BCUT2D eigenvalue weighted by Gasteiger charge is 2.36. The minimum atomic E-state index is -0.645. The summed E-state index contributed by atoms with van der Waals surface area (Å²) in [6, 6.07) is 22.6. The molecule has 2 aromatic carbocycles. The number of nitrogens with zero attached hydrogens (tertiary/aromatic N) is 4. The molecule has 1 amide bonds. The Balaban J connectivity index is 1.63. The molecule has 0 saturated heterocycles. The van der Waals surface area contributed by atoms with Gasteiger partial charge in [-0.15, -0.1) is 11.3 Å². The van der Waals surface area contributed by atoms with E-state index in [9.17, 15) is 9.59 Å². The summed E-state index contributed by atoms with van der Waals surface area (Å²) in [6.07, 6.45) is 3.52. The van der Waals surface area contributed by atoms with Crippen molar-refractivity contribution in [1.82, 2.24) is 9.78 Å². The Labute approximate surface area is 200 Å². The highest BCUT2D eigenvalue weighted by molar-refractivity contribution is 7.13. The molecule has 0 N–H and O–H groups in total. The van der Waals surface area contributed by atoms with Crippen molar-refractivity contribution in [2.75, 3.05) is 11.6 Å². The van der Waals surface area contributed by atoms with E-state index in [2.05, 4.69) is 5.10 Å². The predicted molar refractivity (Wildman–Crippen MR) is 133 cm³/mol. The van der Waals surface area contributed by atoms with Crippen LogP contribution in [-0.4, -0.2) is 34.0 Å². The maximum absolute atomic E-state index is 13.4. The van der Waals surface area contributed by atoms with E-state index in [0.717, 1.165) is 10.6 Å². The molecular formula is C26H20N4O3S. The van der Waals surface area contributed by atoms with E-state index >= 15 is 0 Å². The molecule has 0 fully saturated rings. The number of anilines is 1. The first-order chi connectivity index (χ1) is 16.7. The second kappa shape index (κ2) is 9.29. The first kappa shape index (κ1) is 21.5. The average Bonchev–Trinajstić information content (AvgIpc) is 3.61. The first-order valence-corrected chi connectivity index (χ1v) is 11.6. The van der Waals surface area contributed by atoms with Gasteiger partial charge in [0.1, 0.15) is 5.69 Å². The summed E-state index contributed by atoms with van der Waals surface area (Å²) in [5, 5.41) is 12.3. The minimum Gasteiger partial charge on any atom is -0.461 e. The lowest BCUT2D eigenvalue weighted by molar-refractivity contribution is -0.135. The molecular weight excluding hydrogens is 448 g/mol. The Morgan fingerprint density at radius 2 is 1.71 bits per heavy atom. The molecule has 0 spiro atoms. The van der Waals surface area contributed by atoms with Gasteiger partial charge in [-0.2, -0.15) is 15.2 Å². The molecule has 8 heteroatoms. The van der Waals surface area contributed by atoms with Gasteiger partial charge >= 0.3 is 5.97 Å². The third-order valence-electron chi connectivity index (χ3n) is 5.17. The number of carbonyl (C=O) groups excluding carboxylic acids is 2. The van der Waals surface area contributed by atoms with Gasteiger partial charge in [0, 0.05) is 11.8 Å². The number of esters is 1. The predicted octanol–water partition coefficient (Wildman–Crippen LogP) is 4.95. The lowest BCUT2D eigenvalue weighted by Gasteiger charge is -2.10. The maximum Gasteiger partial charge on any atom is 0.359 e. The smallest absolute Gasteiger partial charge is 0.359 e. The van der Waals surface area contributed by atoms with Crippen molar-refractivity contribution in [3.8, 4) is 16.3 Å². The SMILES string of the molecule is CCOC(=O)C1=NN(c2ccccc2)C(=O)C1=Cc1cn(-c2ccccc2)nc1-c1cccs1. The van der Waals surface area contributed by atoms with E-state index in [1.54, 1.807) is 41.2 Å². The van der Waals surface area contributed by atoms with Gasteiger partial charge in [-0.3, -0.25) is 4.79 Å². The molecule has 0 atom stereocenters. The molecule has 1 aliphatic heterocycles. The van der Waals surface area contributed by atoms with E-state index in [-0.39, 0.29) is 17.9 Å². The van der Waals surface area contributed by atoms with Crippen LogP contribution in [0.5, 0.6) is 0 Å². The van der Waals surface area contributed by atoms with Crippen molar-refractivity contribution in [3.63, 3.8) is 0 Å². The first-order valence-electron chi connectivity index (χ1n) is 10.7. The number of benzene rings is 2. The van der Waals surface area contributed by atoms with Gasteiger partial charge in [-0.05, 0) is 48.7 Å². The summed E-state index contributed by atoms with van der Waals surface area (Å²) < 4.78 is 6.96. The highest BCUT2D eigenvalue weighted by Crippen LogP contribution is 2.31. The maximum atomic E-state index is 13.4. The van der Waals surface area contributed by atoms with E-state index in [1.807, 2.05) is 72.2 Å². The van der Waals surface area contributed by atoms with Crippen LogP contribution in [0.2, 0.25) is 0 Å². The third-order valence-corrected chi connectivity index (χ3v) is 6.04. The van der Waals surface area contributed by atoms with Crippen LogP contribution in [0.1, 0.15) is 12.5 Å². The largest absolute Gasteiger partial charge is 0.461 e. The molecule has 1 aliphatic rings. The fraction of sp³-hybridized carbons (Fsp3) is 0.0769. The van der Waals surface area contributed by atoms with E-state index < -0.39 is 11.9 Å². The molecule has 0 radical (unpaired) electrons. The average molecular weight is 469 g/mol. The number of hydrogen-bond acceptors (Lipinski definition) is 6. The van der Waals surface area contributed by atoms with E-state index in [1.165, 1.54) is 5.01 Å². The molecule has 0 aliphatic carbocycles. The van der Waals surface area contributed by atoms with Crippen LogP contribution in [0.3, 0.4) is 0 Å². The Morgan fingerprint density at radius 1 is 1.00 bits per heavy atom. The fourth-order valence-corrected chi connectivity index (χ4v) is 4.34. The second-order valence-corrected chi connectivity index (χ2v) is 8.32. The number of hydrogen-bond donors (Lipinski definition) is 0. The van der Waals surface area contributed by atoms with E-state index in [4.69, 9.17) is 9.84 Å². The second-order valence-electron chi connectivity index (χ2n) is 7.37. The third kappa shape index (κ3) is 4.06. The van der Waals surface area contributed by atoms with Gasteiger partial charge < -0.3 is 4.74 Å². The number of rotatable bonds is 6. The zero-order valence-electron chi connectivity index (χ0n) is 18.3. The zero-order valence-corrected chi connectivity index (χ0v) is 19.1. The summed E-state index contributed by atoms with van der Waals surface area (Å²) in [7, 11) is 0. The van der Waals surface area contributed by atoms with E-state index in [0.29, 0.717) is 16.9 Å². The van der Waals surface area contributed by atoms with Crippen molar-refractivity contribution in [2.24, 2.45) is 5.10 Å². The normalized spacial score (nSPS) is 14.5. The number of aromatic nitrogens is 2. The van der Waals surface area contributed by atoms with Gasteiger partial charge in [-0.1, -0.05) is 42.5 Å². The molecule has 2 aromatic heterocycles. The number of ether oxygens (including phenoxy) is 1. The number of amides is 1. The number of para-hydroxylation sites is 2. The highest BCUT2D eigenvalue weighted by atomic mass is 32.1. The molecule has 4 aromatic rings. The zero-order chi connectivity index (χ0) is 23.5. The fourth-order valence-electron chi connectivity index (χ4n) is 3.61. The summed E-state index contributed by atoms with van der Waals surface area (Å²) in [4.78, 5) is 27.1. The van der Waals surface area contributed by atoms with Gasteiger partial charge in [0.25, 0.3) is 5.91 Å². The summed E-state index contributed by atoms with van der Waals surface area (Å²) in [6.45, 7) is 1.89. The number of carbonyl (C=O) groups is 2. The van der Waals surface area contributed by atoms with Gasteiger partial charge in [0.15, 0.2) is 5.71 Å². The number of thiophene rings is 1. The Hall–Kier alpha value is -4.30. The number of hydrazone groups is 1. The molecule has 0 saturated carbocycles. The van der Waals surface area contributed by atoms with Crippen LogP contribution >= 0.6 is 11.3 Å². The van der Waals surface area contributed by atoms with Crippen molar-refractivity contribution >= 4 is 40.7 Å². The van der Waals surface area contributed by atoms with Crippen LogP contribution in [0.25, 0.3) is 22.3 Å². The van der Waals surface area contributed by atoms with Crippen molar-refractivity contribution in [2.45, 2.75) is 6.92 Å². The minimum absolute atomic E-state index is 0.0275. The van der Waals surface area contributed by atoms with Crippen molar-refractivity contribution in [1.29, 1.82) is 0 Å². The quantitative estimate of drug-likeness (QED) is 0.296. The summed E-state index contributed by atoms with van der Waals surface area (Å²) in [5.74, 6) is -1.05. The summed E-state index contributed by atoms with van der Waals surface area (Å²) >= 11 is 1.55. The van der Waals surface area contributed by atoms with Crippen LogP contribution < -0.4 is 5.01 Å². The van der Waals surface area contributed by atoms with Crippen molar-refractivity contribution < 1.29 is 14.3 Å². The molecule has 0 bridgehead atoms. The Morgan fingerprint density at radius 3 is 2.35 bits per heavy atom. The monoisotopic (exact) mass is 468 g/mol. The topological polar surface area (TPSA) is 76.8 Å². The lowest BCUT2D eigenvalue weighted by atomic mass is 10.1. The Bertz CT molecular complexity index is 1390. The lowest BCUT2D eigenvalue weighted by Crippen LogP contribution is -2.22. The molecule has 3 heterocycles. The van der Waals surface area contributed by atoms with Gasteiger partial charge in [0.2, 0.25) is 0 Å². The molecule has 7 nitrogen and oxygen atoms in total. The van der Waals surface area contributed by atoms with Crippen LogP contribution in [0.4, 0.5) is 5.69 Å². The van der Waals surface area contributed by atoms with Crippen LogP contribution in [0.15, 0.2) is 95.0 Å².